The number of para-hydroxylation sites is 2. The van der Waals surface area contributed by atoms with Crippen LogP contribution in [-0.2, 0) is 39.4 Å². The molecule has 2 saturated heterocycles. The summed E-state index contributed by atoms with van der Waals surface area (Å²) in [7, 11) is -6.49. The Morgan fingerprint density at radius 2 is 0.913 bits per heavy atom. The molecule has 2 aliphatic rings. The van der Waals surface area contributed by atoms with E-state index in [2.05, 4.69) is 41.3 Å². The number of azo groups is 2. The van der Waals surface area contributed by atoms with Gasteiger partial charge in [-0.15, -0.1) is 20.5 Å². The van der Waals surface area contributed by atoms with Crippen molar-refractivity contribution >= 4 is 164 Å². The maximum atomic E-state index is 13.9. The van der Waals surface area contributed by atoms with E-state index in [1.165, 1.54) is 76.6 Å². The number of hydrogen-bond acceptors (Lipinski definition) is 30. The number of Topliss-reactive ketones (excluding diaryl/α,β-unsaturated/α-hetero) is 2. The Labute approximate surface area is 604 Å². The monoisotopic (exact) mass is 1490 g/mol. The number of piperidine rings is 2. The Morgan fingerprint density at radius 1 is 0.534 bits per heavy atom. The molecule has 548 valence electrons. The second-order valence-corrected chi connectivity index (χ2v) is 28.1. The van der Waals surface area contributed by atoms with Crippen LogP contribution in [-0.4, -0.2) is 177 Å². The van der Waals surface area contributed by atoms with E-state index in [4.69, 9.17) is 44.6 Å². The van der Waals surface area contributed by atoms with Gasteiger partial charge in [0.1, 0.15) is 44.3 Å². The highest BCUT2D eigenvalue weighted by atomic mass is 32.2. The first kappa shape index (κ1) is 77.2. The van der Waals surface area contributed by atoms with Crippen LogP contribution in [0, 0.1) is 0 Å². The van der Waals surface area contributed by atoms with Gasteiger partial charge in [-0.1, -0.05) is 46.9 Å². The summed E-state index contributed by atoms with van der Waals surface area (Å²) in [5, 5.41) is 51.4. The fraction of sp³-hybridized carbons (Fsp3) is 0.388. The number of thiazole rings is 2. The van der Waals surface area contributed by atoms with E-state index in [1.807, 2.05) is 37.5 Å². The molecule has 0 unspecified atom stereocenters. The number of nitrogens with one attached hydrogen (secondary N) is 4. The smallest absolute Gasteiger partial charge is 0.296 e. The molecule has 8 N–H and O–H groups in total. The standard InChI is InChI=1S/C67H82N18O14S4/c1-9-81(10-2)51-37-47(49(39-53(51)98-7)77-79-66-72-59(83-27-19-13-20-28-83)55(100-66)35-43(41(5)88)61(90)68-45-23-15-17-25-57(45)102(92,93)94)70-63-74-64(76-65(75-63)85(31-33-86)32-34-87)71-48-38-52(82(11-3)12-4)54(99-8)40-50(48)78-80-67-73-60(84-29-21-14-22-30-84)56(101-67)36-44(42(6)89)62(91)69-46-24-16-18-26-58(46)103(95,96)97/h15-18,23-26,35-40,86-87H,9-14,19-22,27-34H2,1-8H3,(H,68,90)(H,69,91)(H,92,93,94)(H,95,96,97)(H2,70,71,74,75,76)/b43-35-,44-36+,79-77+,80-78+. The molecular weight excluding hydrogens is 1410 g/mol. The lowest BCUT2D eigenvalue weighted by Crippen LogP contribution is -2.31. The molecule has 2 fully saturated rings. The second kappa shape index (κ2) is 35.3. The number of nitrogens with zero attached hydrogens (tertiary/aromatic N) is 14. The highest BCUT2D eigenvalue weighted by Crippen LogP contribution is 2.45. The number of rotatable bonds is 33. The minimum atomic E-state index is -4.77. The average molecular weight is 1490 g/mol. The molecule has 2 aliphatic heterocycles. The number of anilines is 11. The number of ketones is 2. The van der Waals surface area contributed by atoms with Crippen LogP contribution in [0.3, 0.4) is 0 Å². The third kappa shape index (κ3) is 19.4. The summed E-state index contributed by atoms with van der Waals surface area (Å²) in [6, 6.07) is 17.4. The Kier molecular flexibility index (Phi) is 26.5. The Hall–Kier alpha value is -9.95. The molecule has 0 aliphatic carbocycles. The molecule has 9 rings (SSSR count). The second-order valence-electron chi connectivity index (χ2n) is 23.3. The first-order valence-corrected chi connectivity index (χ1v) is 37.7. The predicted octanol–water partition coefficient (Wildman–Crippen LogP) is 11.3. The lowest BCUT2D eigenvalue weighted by molar-refractivity contribution is -0.120. The quantitative estimate of drug-likeness (QED) is 0.00623. The van der Waals surface area contributed by atoms with E-state index in [0.717, 1.165) is 73.3 Å². The van der Waals surface area contributed by atoms with Gasteiger partial charge < -0.3 is 65.5 Å². The number of carbonyl (C=O) groups is 4. The average Bonchev–Trinajstić information content (AvgIpc) is 1.58. The molecule has 0 radical (unpaired) electrons. The van der Waals surface area contributed by atoms with Crippen LogP contribution in [0.5, 0.6) is 11.5 Å². The van der Waals surface area contributed by atoms with Crippen molar-refractivity contribution in [3.8, 4) is 11.5 Å². The molecular formula is C67H82N18O14S4. The van der Waals surface area contributed by atoms with E-state index in [0.29, 0.717) is 108 Å². The van der Waals surface area contributed by atoms with Crippen LogP contribution < -0.4 is 55.2 Å². The van der Waals surface area contributed by atoms with Crippen LogP contribution in [0.15, 0.2) is 114 Å². The van der Waals surface area contributed by atoms with Crippen molar-refractivity contribution in [2.24, 2.45) is 20.5 Å². The Balaban J connectivity index is 1.14. The van der Waals surface area contributed by atoms with Gasteiger partial charge in [0.2, 0.25) is 28.1 Å². The van der Waals surface area contributed by atoms with E-state index in [1.54, 1.807) is 29.2 Å². The summed E-state index contributed by atoms with van der Waals surface area (Å²) in [6.07, 6.45) is 8.04. The van der Waals surface area contributed by atoms with Crippen molar-refractivity contribution in [3.63, 3.8) is 0 Å². The topological polar surface area (TPSA) is 414 Å². The van der Waals surface area contributed by atoms with Gasteiger partial charge in [0.25, 0.3) is 32.1 Å². The maximum absolute atomic E-state index is 13.9. The number of amides is 2. The van der Waals surface area contributed by atoms with Gasteiger partial charge in [0, 0.05) is 77.6 Å². The summed E-state index contributed by atoms with van der Waals surface area (Å²) in [6.45, 7) is 14.3. The van der Waals surface area contributed by atoms with Gasteiger partial charge in [0.15, 0.2) is 11.6 Å². The zero-order chi connectivity index (χ0) is 74.1. The van der Waals surface area contributed by atoms with Crippen molar-refractivity contribution in [2.75, 3.05) is 139 Å². The van der Waals surface area contributed by atoms with Crippen molar-refractivity contribution < 1.29 is 64.8 Å². The Bertz CT molecular complexity index is 4320. The molecule has 103 heavy (non-hydrogen) atoms. The van der Waals surface area contributed by atoms with Crippen LogP contribution in [0.4, 0.5) is 85.2 Å². The van der Waals surface area contributed by atoms with Gasteiger partial charge in [-0.3, -0.25) is 28.3 Å². The molecule has 0 atom stereocenters. The van der Waals surface area contributed by atoms with E-state index >= 15 is 0 Å². The van der Waals surface area contributed by atoms with Gasteiger partial charge in [-0.05, 0) is 129 Å². The summed E-state index contributed by atoms with van der Waals surface area (Å²) in [5.41, 5.74) is 1.18. The predicted molar refractivity (Wildman–Crippen MR) is 398 cm³/mol. The molecule has 5 heterocycles. The molecule has 0 spiro atoms. The van der Waals surface area contributed by atoms with Crippen LogP contribution in [0.1, 0.15) is 89.8 Å². The molecule has 0 saturated carbocycles. The van der Waals surface area contributed by atoms with E-state index < -0.39 is 53.4 Å². The summed E-state index contributed by atoms with van der Waals surface area (Å²) < 4.78 is 80.9. The number of benzene rings is 4. The van der Waals surface area contributed by atoms with Gasteiger partial charge >= 0.3 is 0 Å². The van der Waals surface area contributed by atoms with E-state index in [9.17, 15) is 55.3 Å². The zero-order valence-corrected chi connectivity index (χ0v) is 61.3. The minimum Gasteiger partial charge on any atom is -0.494 e. The van der Waals surface area contributed by atoms with Gasteiger partial charge in [-0.25, -0.2) is 0 Å². The molecule has 3 aromatic heterocycles. The van der Waals surface area contributed by atoms with Crippen LogP contribution in [0.25, 0.3) is 12.2 Å². The van der Waals surface area contributed by atoms with Gasteiger partial charge in [-0.2, -0.15) is 41.8 Å². The number of aromatic nitrogens is 5. The molecule has 32 nitrogen and oxygen atoms in total. The molecule has 0 bridgehead atoms. The fourth-order valence-electron chi connectivity index (χ4n) is 11.5. The maximum Gasteiger partial charge on any atom is 0.296 e. The van der Waals surface area contributed by atoms with E-state index in [-0.39, 0.29) is 88.3 Å². The van der Waals surface area contributed by atoms with Crippen molar-refractivity contribution in [2.45, 2.75) is 89.9 Å². The van der Waals surface area contributed by atoms with Crippen molar-refractivity contribution in [3.05, 3.63) is 93.7 Å². The van der Waals surface area contributed by atoms with Crippen LogP contribution >= 0.6 is 22.7 Å². The summed E-state index contributed by atoms with van der Waals surface area (Å²) in [5.74, 6) is -1.54. The largest absolute Gasteiger partial charge is 0.494 e. The molecule has 36 heteroatoms. The lowest BCUT2D eigenvalue weighted by Gasteiger charge is -2.27. The Morgan fingerprint density at radius 3 is 1.25 bits per heavy atom. The normalized spacial score (nSPS) is 13.9. The van der Waals surface area contributed by atoms with Crippen LogP contribution in [0.2, 0.25) is 0 Å². The number of aliphatic hydroxyl groups excluding tert-OH is 2. The lowest BCUT2D eigenvalue weighted by atomic mass is 10.1. The number of hydrogen-bond donors (Lipinski definition) is 8. The zero-order valence-electron chi connectivity index (χ0n) is 58.1. The third-order valence-corrected chi connectivity index (χ3v) is 20.2. The summed E-state index contributed by atoms with van der Waals surface area (Å²) in [4.78, 5) is 88.2. The van der Waals surface area contributed by atoms with Gasteiger partial charge in [0.05, 0.1) is 82.5 Å². The third-order valence-electron chi connectivity index (χ3n) is 16.6. The SMILES string of the molecule is CCN(CC)c1cc(Nc2nc(Nc3cc(N(CC)CC)c(OC)cc3/N=N/c3nc(N4CCCCC4)c(/C=C(\C(C)=O)C(=O)Nc4ccccc4S(=O)(=O)O)s3)nc(N(CCO)CCO)n2)c(/N=N/c2nc(N3CCCCC3)c(/C=C(/C(C)=O)C(=O)Nc3ccccc3S(=O)(=O)O)s2)cc1OC. The fourth-order valence-corrected chi connectivity index (χ4v) is 14.5. The van der Waals surface area contributed by atoms with Crippen molar-refractivity contribution in [1.82, 2.24) is 24.9 Å². The minimum absolute atomic E-state index is 0.0123. The first-order chi connectivity index (χ1) is 49.4. The first-order valence-electron chi connectivity index (χ1n) is 33.2. The molecule has 2 amide bonds. The number of methoxy groups -OCH3 is 2. The number of ether oxygens (including phenoxy) is 2. The number of aliphatic hydroxyl groups is 2. The van der Waals surface area contributed by atoms with Crippen molar-refractivity contribution in [1.29, 1.82) is 0 Å². The molecule has 4 aromatic carbocycles. The highest BCUT2D eigenvalue weighted by Gasteiger charge is 2.29. The number of carbonyl (C=O) groups excluding carboxylic acids is 4. The molecule has 7 aromatic rings. The highest BCUT2D eigenvalue weighted by molar-refractivity contribution is 7.86. The summed E-state index contributed by atoms with van der Waals surface area (Å²) >= 11 is 2.08.